The summed E-state index contributed by atoms with van der Waals surface area (Å²) >= 11 is 0. The van der Waals surface area contributed by atoms with Crippen LogP contribution in [-0.2, 0) is 10.0 Å². The SMILES string of the molecule is CCC1CCCN1S(=O)(=O)CC. The van der Waals surface area contributed by atoms with Crippen molar-refractivity contribution < 1.29 is 8.42 Å². The molecule has 12 heavy (non-hydrogen) atoms. The molecule has 1 aliphatic rings. The van der Waals surface area contributed by atoms with Gasteiger partial charge in [-0.15, -0.1) is 0 Å². The van der Waals surface area contributed by atoms with E-state index < -0.39 is 10.0 Å². The van der Waals surface area contributed by atoms with Crippen molar-refractivity contribution in [2.75, 3.05) is 12.3 Å². The molecular formula is C8H17NO2S. The van der Waals surface area contributed by atoms with Crippen molar-refractivity contribution in [2.24, 2.45) is 0 Å². The van der Waals surface area contributed by atoms with E-state index in [2.05, 4.69) is 0 Å². The molecule has 0 N–H and O–H groups in total. The summed E-state index contributed by atoms with van der Waals surface area (Å²) in [6.07, 6.45) is 3.01. The van der Waals surface area contributed by atoms with Crippen LogP contribution in [0.1, 0.15) is 33.1 Å². The van der Waals surface area contributed by atoms with Crippen LogP contribution >= 0.6 is 0 Å². The number of rotatable bonds is 3. The predicted molar refractivity (Wildman–Crippen MR) is 49.5 cm³/mol. The molecule has 1 atom stereocenters. The molecular weight excluding hydrogens is 174 g/mol. The van der Waals surface area contributed by atoms with E-state index in [-0.39, 0.29) is 11.8 Å². The van der Waals surface area contributed by atoms with Crippen molar-refractivity contribution in [3.63, 3.8) is 0 Å². The Labute approximate surface area is 74.8 Å². The molecule has 0 aromatic heterocycles. The Bertz CT molecular complexity index is 235. The molecule has 0 aromatic rings. The topological polar surface area (TPSA) is 37.4 Å². The van der Waals surface area contributed by atoms with E-state index >= 15 is 0 Å². The molecule has 4 heteroatoms. The lowest BCUT2D eigenvalue weighted by atomic mass is 10.2. The summed E-state index contributed by atoms with van der Waals surface area (Å²) in [5.74, 6) is 0.240. The van der Waals surface area contributed by atoms with Gasteiger partial charge in [0.1, 0.15) is 0 Å². The lowest BCUT2D eigenvalue weighted by molar-refractivity contribution is 0.380. The van der Waals surface area contributed by atoms with Gasteiger partial charge in [0, 0.05) is 12.6 Å². The van der Waals surface area contributed by atoms with Gasteiger partial charge in [-0.1, -0.05) is 6.92 Å². The molecule has 1 fully saturated rings. The third kappa shape index (κ3) is 1.80. The van der Waals surface area contributed by atoms with Gasteiger partial charge in [-0.25, -0.2) is 8.42 Å². The van der Waals surface area contributed by atoms with E-state index in [0.717, 1.165) is 25.8 Å². The molecule has 3 nitrogen and oxygen atoms in total. The fraction of sp³-hybridized carbons (Fsp3) is 1.00. The van der Waals surface area contributed by atoms with Gasteiger partial charge in [-0.05, 0) is 26.2 Å². The standard InChI is InChI=1S/C8H17NO2S/c1-3-8-6-5-7-9(8)12(10,11)4-2/h8H,3-7H2,1-2H3. The summed E-state index contributed by atoms with van der Waals surface area (Å²) < 4.78 is 24.7. The molecule has 0 saturated carbocycles. The molecule has 0 spiro atoms. The van der Waals surface area contributed by atoms with Crippen LogP contribution < -0.4 is 0 Å². The molecule has 0 radical (unpaired) electrons. The van der Waals surface area contributed by atoms with Gasteiger partial charge in [-0.3, -0.25) is 0 Å². The summed E-state index contributed by atoms with van der Waals surface area (Å²) in [4.78, 5) is 0. The molecule has 1 unspecified atom stereocenters. The van der Waals surface area contributed by atoms with Crippen molar-refractivity contribution in [3.8, 4) is 0 Å². The quantitative estimate of drug-likeness (QED) is 0.672. The highest BCUT2D eigenvalue weighted by molar-refractivity contribution is 7.89. The first-order chi connectivity index (χ1) is 5.61. The van der Waals surface area contributed by atoms with Gasteiger partial charge in [0.2, 0.25) is 10.0 Å². The number of hydrogen-bond donors (Lipinski definition) is 0. The fourth-order valence-electron chi connectivity index (χ4n) is 1.75. The fourth-order valence-corrected chi connectivity index (χ4v) is 3.20. The van der Waals surface area contributed by atoms with Crippen LogP contribution in [0.3, 0.4) is 0 Å². The summed E-state index contributed by atoms with van der Waals surface area (Å²) in [5, 5.41) is 0. The van der Waals surface area contributed by atoms with Crippen molar-refractivity contribution in [3.05, 3.63) is 0 Å². The van der Waals surface area contributed by atoms with Crippen LogP contribution in [0.15, 0.2) is 0 Å². The first-order valence-electron chi connectivity index (χ1n) is 4.61. The maximum absolute atomic E-state index is 11.5. The lowest BCUT2D eigenvalue weighted by Gasteiger charge is -2.21. The highest BCUT2D eigenvalue weighted by atomic mass is 32.2. The smallest absolute Gasteiger partial charge is 0.212 e. The predicted octanol–water partition coefficient (Wildman–Crippen LogP) is 1.21. The van der Waals surface area contributed by atoms with Gasteiger partial charge in [0.15, 0.2) is 0 Å². The third-order valence-electron chi connectivity index (χ3n) is 2.52. The zero-order valence-corrected chi connectivity index (χ0v) is 8.60. The van der Waals surface area contributed by atoms with Crippen LogP contribution in [0.25, 0.3) is 0 Å². The average Bonchev–Trinajstić information content (AvgIpc) is 2.52. The number of hydrogen-bond acceptors (Lipinski definition) is 2. The van der Waals surface area contributed by atoms with Gasteiger partial charge in [0.05, 0.1) is 5.75 Å². The van der Waals surface area contributed by atoms with Gasteiger partial charge in [-0.2, -0.15) is 4.31 Å². The van der Waals surface area contributed by atoms with Crippen LogP contribution in [-0.4, -0.2) is 31.1 Å². The zero-order chi connectivity index (χ0) is 9.19. The van der Waals surface area contributed by atoms with Crippen LogP contribution in [0.4, 0.5) is 0 Å². The van der Waals surface area contributed by atoms with E-state index in [9.17, 15) is 8.42 Å². The van der Waals surface area contributed by atoms with Crippen molar-refractivity contribution in [1.29, 1.82) is 0 Å². The van der Waals surface area contributed by atoms with E-state index in [4.69, 9.17) is 0 Å². The maximum Gasteiger partial charge on any atom is 0.214 e. The van der Waals surface area contributed by atoms with Crippen LogP contribution in [0, 0.1) is 0 Å². The second-order valence-electron chi connectivity index (χ2n) is 3.22. The van der Waals surface area contributed by atoms with Crippen molar-refractivity contribution in [1.82, 2.24) is 4.31 Å². The normalized spacial score (nSPS) is 26.3. The third-order valence-corrected chi connectivity index (χ3v) is 4.44. The van der Waals surface area contributed by atoms with Crippen LogP contribution in [0.2, 0.25) is 0 Å². The minimum atomic E-state index is -2.93. The summed E-state index contributed by atoms with van der Waals surface area (Å²) in [6, 6.07) is 0.273. The Morgan fingerprint density at radius 3 is 2.58 bits per heavy atom. The molecule has 0 amide bonds. The number of nitrogens with zero attached hydrogens (tertiary/aromatic N) is 1. The minimum absolute atomic E-state index is 0.240. The molecule has 0 aromatic carbocycles. The van der Waals surface area contributed by atoms with E-state index in [0.29, 0.717) is 0 Å². The molecule has 0 aliphatic carbocycles. The van der Waals surface area contributed by atoms with Crippen molar-refractivity contribution in [2.45, 2.75) is 39.2 Å². The Kier molecular flexibility index (Phi) is 3.12. The molecule has 0 bridgehead atoms. The number of sulfonamides is 1. The Morgan fingerprint density at radius 1 is 1.42 bits per heavy atom. The van der Waals surface area contributed by atoms with E-state index in [1.54, 1.807) is 11.2 Å². The largest absolute Gasteiger partial charge is 0.214 e. The first kappa shape index (κ1) is 9.99. The van der Waals surface area contributed by atoms with E-state index in [1.807, 2.05) is 6.92 Å². The summed E-state index contributed by atoms with van der Waals surface area (Å²) in [7, 11) is -2.93. The Hall–Kier alpha value is -0.0900. The molecule has 1 saturated heterocycles. The average molecular weight is 191 g/mol. The van der Waals surface area contributed by atoms with Crippen LogP contribution in [0.5, 0.6) is 0 Å². The minimum Gasteiger partial charge on any atom is -0.212 e. The molecule has 72 valence electrons. The summed E-state index contributed by atoms with van der Waals surface area (Å²) in [5.41, 5.74) is 0. The highest BCUT2D eigenvalue weighted by Crippen LogP contribution is 2.23. The monoisotopic (exact) mass is 191 g/mol. The Morgan fingerprint density at radius 2 is 2.08 bits per heavy atom. The molecule has 1 aliphatic heterocycles. The zero-order valence-electron chi connectivity index (χ0n) is 7.78. The maximum atomic E-state index is 11.5. The highest BCUT2D eigenvalue weighted by Gasteiger charge is 2.31. The second kappa shape index (κ2) is 3.75. The van der Waals surface area contributed by atoms with Gasteiger partial charge in [0.25, 0.3) is 0 Å². The van der Waals surface area contributed by atoms with Crippen molar-refractivity contribution >= 4 is 10.0 Å². The summed E-state index contributed by atoms with van der Waals surface area (Å²) in [6.45, 7) is 4.49. The first-order valence-corrected chi connectivity index (χ1v) is 6.22. The van der Waals surface area contributed by atoms with Gasteiger partial charge < -0.3 is 0 Å². The van der Waals surface area contributed by atoms with E-state index in [1.165, 1.54) is 0 Å². The molecule has 1 rings (SSSR count). The Balaban J connectivity index is 2.74. The second-order valence-corrected chi connectivity index (χ2v) is 5.43. The van der Waals surface area contributed by atoms with Gasteiger partial charge >= 0.3 is 0 Å². The molecule has 1 heterocycles. The lowest BCUT2D eigenvalue weighted by Crippen LogP contribution is -2.36.